The molecule has 18 heavy (non-hydrogen) atoms. The quantitative estimate of drug-likeness (QED) is 0.782. The van der Waals surface area contributed by atoms with Gasteiger partial charge >= 0.3 is 5.92 Å². The largest absolute Gasteiger partial charge is 0.310 e. The smallest absolute Gasteiger partial charge is 0.241 e. The van der Waals surface area contributed by atoms with Gasteiger partial charge in [0.05, 0.1) is 22.7 Å². The molecule has 1 aromatic heterocycles. The molecule has 1 heterocycles. The Morgan fingerprint density at radius 1 is 1.33 bits per heavy atom. The Morgan fingerprint density at radius 3 is 2.67 bits per heavy atom. The molecule has 0 saturated heterocycles. The number of nitriles is 1. The summed E-state index contributed by atoms with van der Waals surface area (Å²) in [6, 6.07) is 6.27. The van der Waals surface area contributed by atoms with Crippen molar-refractivity contribution in [3.05, 3.63) is 47.3 Å². The van der Waals surface area contributed by atoms with Crippen LogP contribution < -0.4 is 0 Å². The monoisotopic (exact) mass is 265 g/mol. The number of hydrogen-bond donors (Lipinski definition) is 0. The minimum Gasteiger partial charge on any atom is -0.241 e. The predicted molar refractivity (Wildman–Crippen MR) is 63.4 cm³/mol. The lowest BCUT2D eigenvalue weighted by atomic mass is 10.2. The molecule has 0 fully saturated rings. The molecule has 2 rings (SSSR count). The summed E-state index contributed by atoms with van der Waals surface area (Å²) in [5, 5.41) is 8.32. The summed E-state index contributed by atoms with van der Waals surface area (Å²) >= 11 is 5.68. The highest BCUT2D eigenvalue weighted by Gasteiger charge is 2.33. The second-order valence-electron chi connectivity index (χ2n) is 3.51. The van der Waals surface area contributed by atoms with E-state index < -0.39 is 16.8 Å². The molecule has 0 spiro atoms. The normalized spacial score (nSPS) is 11.2. The van der Waals surface area contributed by atoms with Gasteiger partial charge in [0.15, 0.2) is 10.8 Å². The van der Waals surface area contributed by atoms with E-state index in [1.165, 1.54) is 18.2 Å². The predicted octanol–water partition coefficient (Wildman–Crippen LogP) is 3.43. The molecule has 0 amide bonds. The number of halogens is 3. The first-order valence-electron chi connectivity index (χ1n) is 4.87. The van der Waals surface area contributed by atoms with Crippen LogP contribution in [0, 0.1) is 11.3 Å². The average molecular weight is 266 g/mol. The molecule has 0 aliphatic heterocycles. The fourth-order valence-corrected chi connectivity index (χ4v) is 1.67. The summed E-state index contributed by atoms with van der Waals surface area (Å²) in [7, 11) is 0. The summed E-state index contributed by atoms with van der Waals surface area (Å²) in [5.41, 5.74) is 0.255. The SMILES string of the molecule is C=CC(F)(F)c1nc2ccc(C#N)cc2nc1Cl. The van der Waals surface area contributed by atoms with Crippen LogP contribution in [0.4, 0.5) is 8.78 Å². The van der Waals surface area contributed by atoms with Gasteiger partial charge in [0.2, 0.25) is 0 Å². The van der Waals surface area contributed by atoms with Crippen LogP contribution in [0.5, 0.6) is 0 Å². The van der Waals surface area contributed by atoms with Gasteiger partial charge in [0.25, 0.3) is 0 Å². The molecule has 1 aromatic carbocycles. The fraction of sp³-hybridized carbons (Fsp3) is 0.0833. The van der Waals surface area contributed by atoms with Gasteiger partial charge in [-0.2, -0.15) is 14.0 Å². The first-order valence-corrected chi connectivity index (χ1v) is 5.25. The van der Waals surface area contributed by atoms with Crippen molar-refractivity contribution in [1.82, 2.24) is 9.97 Å². The van der Waals surface area contributed by atoms with E-state index >= 15 is 0 Å². The molecule has 90 valence electrons. The van der Waals surface area contributed by atoms with Crippen molar-refractivity contribution in [3.63, 3.8) is 0 Å². The van der Waals surface area contributed by atoms with E-state index in [9.17, 15) is 8.78 Å². The van der Waals surface area contributed by atoms with E-state index in [2.05, 4.69) is 16.5 Å². The lowest BCUT2D eigenvalue weighted by Crippen LogP contribution is -2.13. The average Bonchev–Trinajstić information content (AvgIpc) is 2.37. The minimum absolute atomic E-state index is 0.245. The molecule has 3 nitrogen and oxygen atoms in total. The Morgan fingerprint density at radius 2 is 2.06 bits per heavy atom. The zero-order valence-electron chi connectivity index (χ0n) is 8.99. The maximum Gasteiger partial charge on any atom is 0.310 e. The Balaban J connectivity index is 2.71. The molecular formula is C12H6ClF2N3. The highest BCUT2D eigenvalue weighted by Crippen LogP contribution is 2.32. The van der Waals surface area contributed by atoms with Gasteiger partial charge in [-0.3, -0.25) is 0 Å². The Hall–Kier alpha value is -2.06. The molecule has 0 aliphatic carbocycles. The molecule has 6 heteroatoms. The van der Waals surface area contributed by atoms with Crippen molar-refractivity contribution >= 4 is 22.6 Å². The second-order valence-corrected chi connectivity index (χ2v) is 3.86. The second kappa shape index (κ2) is 4.31. The van der Waals surface area contributed by atoms with Crippen LogP contribution in [0.1, 0.15) is 11.3 Å². The van der Waals surface area contributed by atoms with Crippen molar-refractivity contribution in [2.24, 2.45) is 0 Å². The van der Waals surface area contributed by atoms with E-state index in [0.29, 0.717) is 17.2 Å². The van der Waals surface area contributed by atoms with Gasteiger partial charge in [-0.25, -0.2) is 9.97 Å². The summed E-state index contributed by atoms with van der Waals surface area (Å²) in [6.45, 7) is 3.04. The van der Waals surface area contributed by atoms with E-state index in [1.54, 1.807) is 0 Å². The molecular weight excluding hydrogens is 260 g/mol. The molecule has 2 aromatic rings. The van der Waals surface area contributed by atoms with Gasteiger partial charge in [-0.1, -0.05) is 18.2 Å². The summed E-state index contributed by atoms with van der Waals surface area (Å²) in [5.74, 6) is -3.34. The van der Waals surface area contributed by atoms with Gasteiger partial charge in [0.1, 0.15) is 0 Å². The molecule has 0 aliphatic rings. The van der Waals surface area contributed by atoms with E-state index in [0.717, 1.165) is 0 Å². The van der Waals surface area contributed by atoms with E-state index in [1.807, 2.05) is 6.07 Å². The molecule has 0 radical (unpaired) electrons. The molecule has 0 unspecified atom stereocenters. The highest BCUT2D eigenvalue weighted by molar-refractivity contribution is 6.30. The number of aromatic nitrogens is 2. The Bertz CT molecular complexity index is 677. The van der Waals surface area contributed by atoms with Crippen molar-refractivity contribution in [1.29, 1.82) is 5.26 Å². The topological polar surface area (TPSA) is 49.6 Å². The summed E-state index contributed by atoms with van der Waals surface area (Å²) in [4.78, 5) is 7.59. The number of nitrogens with zero attached hydrogens (tertiary/aromatic N) is 3. The molecule has 0 saturated carbocycles. The van der Waals surface area contributed by atoms with Crippen molar-refractivity contribution in [3.8, 4) is 6.07 Å². The number of benzene rings is 1. The van der Waals surface area contributed by atoms with Crippen LogP contribution in [0.2, 0.25) is 5.15 Å². The summed E-state index contributed by atoms with van der Waals surface area (Å²) in [6.07, 6.45) is 0.457. The van der Waals surface area contributed by atoms with E-state index in [4.69, 9.17) is 16.9 Å². The van der Waals surface area contributed by atoms with Crippen molar-refractivity contribution in [2.75, 3.05) is 0 Å². The zero-order valence-corrected chi connectivity index (χ0v) is 9.75. The lowest BCUT2D eigenvalue weighted by molar-refractivity contribution is 0.0477. The van der Waals surface area contributed by atoms with Gasteiger partial charge in [-0.05, 0) is 24.3 Å². The van der Waals surface area contributed by atoms with Crippen LogP contribution in [-0.4, -0.2) is 9.97 Å². The first-order chi connectivity index (χ1) is 8.47. The minimum atomic E-state index is -3.34. The molecule has 0 atom stereocenters. The molecule has 0 bridgehead atoms. The first kappa shape index (κ1) is 12.4. The Kier molecular flexibility index (Phi) is 2.97. The number of rotatable bonds is 2. The third-order valence-corrected chi connectivity index (χ3v) is 2.59. The summed E-state index contributed by atoms with van der Waals surface area (Å²) < 4.78 is 26.9. The third-order valence-electron chi connectivity index (χ3n) is 2.32. The number of hydrogen-bond acceptors (Lipinski definition) is 3. The van der Waals surface area contributed by atoms with Crippen LogP contribution in [0.25, 0.3) is 11.0 Å². The number of allylic oxidation sites excluding steroid dienone is 1. The fourth-order valence-electron chi connectivity index (χ4n) is 1.41. The number of fused-ring (bicyclic) bond motifs is 1. The number of alkyl halides is 2. The highest BCUT2D eigenvalue weighted by atomic mass is 35.5. The van der Waals surface area contributed by atoms with Gasteiger partial charge < -0.3 is 0 Å². The maximum atomic E-state index is 13.5. The van der Waals surface area contributed by atoms with Crippen LogP contribution in [0.3, 0.4) is 0 Å². The van der Waals surface area contributed by atoms with Gasteiger partial charge in [-0.15, -0.1) is 0 Å². The van der Waals surface area contributed by atoms with Crippen LogP contribution >= 0.6 is 11.6 Å². The molecule has 0 N–H and O–H groups in total. The van der Waals surface area contributed by atoms with Gasteiger partial charge in [0, 0.05) is 0 Å². The Labute approximate surface area is 106 Å². The standard InChI is InChI=1S/C12H6ClF2N3/c1-2-12(14,15)10-11(13)18-9-5-7(6-16)3-4-8(9)17-10/h2-5H,1H2. The van der Waals surface area contributed by atoms with Crippen molar-refractivity contribution in [2.45, 2.75) is 5.92 Å². The maximum absolute atomic E-state index is 13.5. The zero-order chi connectivity index (χ0) is 13.3. The third kappa shape index (κ3) is 2.03. The van der Waals surface area contributed by atoms with Crippen molar-refractivity contribution < 1.29 is 8.78 Å². The van der Waals surface area contributed by atoms with E-state index in [-0.39, 0.29) is 5.52 Å². The van der Waals surface area contributed by atoms with Crippen LogP contribution in [-0.2, 0) is 5.92 Å². The lowest BCUT2D eigenvalue weighted by Gasteiger charge is -2.12. The van der Waals surface area contributed by atoms with Crippen LogP contribution in [0.15, 0.2) is 30.9 Å².